The number of carbonyl (C=O) groups excluding carboxylic acids is 1. The minimum Gasteiger partial charge on any atom is -0.388 e. The summed E-state index contributed by atoms with van der Waals surface area (Å²) in [6.07, 6.45) is 1.68. The standard InChI is InChI=1S/C26H31FN8O2/c1-26(2,37)24(35(15-21(27)13-28)23(36)17-34-18-29-31-32-34)25-30-22(20-11-7-4-8-12-20)16-33(25)14-19-9-5-3-6-10-19/h3-12,16,18,21,24,37H,13-15,17,28H2,1-2H3/t21?,24-/m0/s1. The zero-order valence-corrected chi connectivity index (χ0v) is 20.9. The van der Waals surface area contributed by atoms with Gasteiger partial charge >= 0.3 is 0 Å². The van der Waals surface area contributed by atoms with Crippen molar-refractivity contribution in [3.63, 3.8) is 0 Å². The first kappa shape index (κ1) is 26.1. The molecule has 0 aliphatic rings. The quantitative estimate of drug-likeness (QED) is 0.319. The third kappa shape index (κ3) is 6.43. The summed E-state index contributed by atoms with van der Waals surface area (Å²) in [5.74, 6) is -0.0597. The molecule has 0 radical (unpaired) electrons. The van der Waals surface area contributed by atoms with E-state index in [1.54, 1.807) is 13.8 Å². The number of alkyl halides is 1. The van der Waals surface area contributed by atoms with Gasteiger partial charge in [0.25, 0.3) is 0 Å². The minimum atomic E-state index is -1.51. The summed E-state index contributed by atoms with van der Waals surface area (Å²) in [5, 5.41) is 22.3. The Morgan fingerprint density at radius 3 is 2.41 bits per heavy atom. The largest absolute Gasteiger partial charge is 0.388 e. The van der Waals surface area contributed by atoms with Crippen LogP contribution in [0.15, 0.2) is 73.2 Å². The Morgan fingerprint density at radius 2 is 1.81 bits per heavy atom. The molecule has 37 heavy (non-hydrogen) atoms. The van der Waals surface area contributed by atoms with Crippen LogP contribution < -0.4 is 5.73 Å². The highest BCUT2D eigenvalue weighted by molar-refractivity contribution is 5.76. The van der Waals surface area contributed by atoms with Gasteiger partial charge in [0, 0.05) is 24.8 Å². The third-order valence-corrected chi connectivity index (χ3v) is 5.96. The van der Waals surface area contributed by atoms with Gasteiger partial charge in [0.15, 0.2) is 0 Å². The summed E-state index contributed by atoms with van der Waals surface area (Å²) < 4.78 is 17.9. The van der Waals surface area contributed by atoms with E-state index >= 15 is 0 Å². The SMILES string of the molecule is CC(C)(O)[C@H](c1nc(-c2ccccc2)cn1Cc1ccccc1)N(CC(F)CN)C(=O)Cn1cnnn1. The van der Waals surface area contributed by atoms with E-state index in [1.807, 2.05) is 71.4 Å². The highest BCUT2D eigenvalue weighted by Gasteiger charge is 2.41. The molecule has 0 saturated carbocycles. The maximum atomic E-state index is 14.7. The van der Waals surface area contributed by atoms with E-state index in [2.05, 4.69) is 15.5 Å². The fourth-order valence-corrected chi connectivity index (χ4v) is 4.26. The van der Waals surface area contributed by atoms with Gasteiger partial charge in [0.2, 0.25) is 5.91 Å². The molecule has 0 bridgehead atoms. The highest BCUT2D eigenvalue weighted by atomic mass is 19.1. The molecule has 0 aliphatic carbocycles. The predicted octanol–water partition coefficient (Wildman–Crippen LogP) is 2.22. The van der Waals surface area contributed by atoms with Crippen LogP contribution in [0.1, 0.15) is 31.3 Å². The van der Waals surface area contributed by atoms with Gasteiger partial charge < -0.3 is 20.3 Å². The monoisotopic (exact) mass is 506 g/mol. The van der Waals surface area contributed by atoms with Crippen molar-refractivity contribution in [1.29, 1.82) is 0 Å². The molecule has 0 spiro atoms. The molecule has 1 amide bonds. The number of amides is 1. The van der Waals surface area contributed by atoms with E-state index in [0.717, 1.165) is 11.1 Å². The number of hydrogen-bond donors (Lipinski definition) is 2. The number of rotatable bonds is 11. The molecule has 2 aromatic carbocycles. The van der Waals surface area contributed by atoms with Gasteiger partial charge in [0.05, 0.1) is 17.8 Å². The van der Waals surface area contributed by atoms with Crippen LogP contribution in [-0.4, -0.2) is 70.5 Å². The van der Waals surface area contributed by atoms with Crippen LogP contribution in [0.25, 0.3) is 11.3 Å². The van der Waals surface area contributed by atoms with Gasteiger partial charge in [-0.25, -0.2) is 14.1 Å². The van der Waals surface area contributed by atoms with Crippen molar-refractivity contribution in [3.05, 3.63) is 84.6 Å². The molecule has 2 atom stereocenters. The fraction of sp³-hybridized carbons (Fsp3) is 0.346. The van der Waals surface area contributed by atoms with E-state index in [4.69, 9.17) is 10.7 Å². The zero-order valence-electron chi connectivity index (χ0n) is 20.9. The van der Waals surface area contributed by atoms with E-state index in [-0.39, 0.29) is 19.6 Å². The van der Waals surface area contributed by atoms with Gasteiger partial charge in [0.1, 0.15) is 30.9 Å². The summed E-state index contributed by atoms with van der Waals surface area (Å²) in [6.45, 7) is 2.75. The van der Waals surface area contributed by atoms with Crippen molar-refractivity contribution in [2.75, 3.05) is 13.1 Å². The fourth-order valence-electron chi connectivity index (χ4n) is 4.26. The Morgan fingerprint density at radius 1 is 1.14 bits per heavy atom. The van der Waals surface area contributed by atoms with Crippen LogP contribution in [0, 0.1) is 0 Å². The van der Waals surface area contributed by atoms with Gasteiger partial charge in [-0.05, 0) is 29.8 Å². The van der Waals surface area contributed by atoms with Crippen LogP contribution >= 0.6 is 0 Å². The molecule has 10 nitrogen and oxygen atoms in total. The summed E-state index contributed by atoms with van der Waals surface area (Å²) in [6, 6.07) is 18.4. The molecule has 1 unspecified atom stereocenters. The van der Waals surface area contributed by atoms with E-state index in [9.17, 15) is 14.3 Å². The molecule has 0 saturated heterocycles. The second-order valence-electron chi connectivity index (χ2n) is 9.41. The number of tetrazole rings is 1. The second-order valence-corrected chi connectivity index (χ2v) is 9.41. The normalized spacial score (nSPS) is 13.3. The third-order valence-electron chi connectivity index (χ3n) is 5.96. The molecule has 0 aliphatic heterocycles. The van der Waals surface area contributed by atoms with Gasteiger partial charge in [-0.15, -0.1) is 5.10 Å². The maximum Gasteiger partial charge on any atom is 0.245 e. The molecule has 194 valence electrons. The number of nitrogens with two attached hydrogens (primary N) is 1. The number of imidazole rings is 1. The molecular formula is C26H31FN8O2. The van der Waals surface area contributed by atoms with Gasteiger partial charge in [-0.1, -0.05) is 60.7 Å². The smallest absolute Gasteiger partial charge is 0.245 e. The number of carbonyl (C=O) groups is 1. The number of hydrogen-bond acceptors (Lipinski definition) is 7. The summed E-state index contributed by atoms with van der Waals surface area (Å²) in [7, 11) is 0. The first-order chi connectivity index (χ1) is 17.8. The minimum absolute atomic E-state index is 0.234. The molecule has 4 aromatic rings. The van der Waals surface area contributed by atoms with E-state index < -0.39 is 23.7 Å². The van der Waals surface area contributed by atoms with Crippen LogP contribution in [0.4, 0.5) is 4.39 Å². The number of benzene rings is 2. The molecular weight excluding hydrogens is 475 g/mol. The zero-order chi connectivity index (χ0) is 26.4. The molecule has 2 heterocycles. The van der Waals surface area contributed by atoms with Crippen LogP contribution in [0.3, 0.4) is 0 Å². The van der Waals surface area contributed by atoms with E-state index in [1.165, 1.54) is 15.9 Å². The van der Waals surface area contributed by atoms with Gasteiger partial charge in [-0.3, -0.25) is 4.79 Å². The first-order valence-electron chi connectivity index (χ1n) is 12.0. The topological polar surface area (TPSA) is 128 Å². The highest BCUT2D eigenvalue weighted by Crippen LogP contribution is 2.34. The van der Waals surface area contributed by atoms with Crippen LogP contribution in [0.5, 0.6) is 0 Å². The van der Waals surface area contributed by atoms with Crippen molar-refractivity contribution < 1.29 is 14.3 Å². The lowest BCUT2D eigenvalue weighted by atomic mass is 9.95. The molecule has 4 rings (SSSR count). The first-order valence-corrected chi connectivity index (χ1v) is 12.0. The predicted molar refractivity (Wildman–Crippen MR) is 136 cm³/mol. The lowest BCUT2D eigenvalue weighted by molar-refractivity contribution is -0.142. The van der Waals surface area contributed by atoms with Crippen LogP contribution in [-0.2, 0) is 17.9 Å². The molecule has 0 fully saturated rings. The number of nitrogens with zero attached hydrogens (tertiary/aromatic N) is 7. The lowest BCUT2D eigenvalue weighted by Crippen LogP contribution is -2.50. The van der Waals surface area contributed by atoms with Crippen molar-refractivity contribution in [2.45, 2.75) is 44.8 Å². The van der Waals surface area contributed by atoms with Crippen molar-refractivity contribution >= 4 is 5.91 Å². The number of aromatic nitrogens is 6. The lowest BCUT2D eigenvalue weighted by Gasteiger charge is -2.39. The Balaban J connectivity index is 1.83. The summed E-state index contributed by atoms with van der Waals surface area (Å²) in [5.41, 5.74) is 6.65. The Labute approximate surface area is 214 Å². The van der Waals surface area contributed by atoms with Crippen LogP contribution in [0.2, 0.25) is 0 Å². The summed E-state index contributed by atoms with van der Waals surface area (Å²) in [4.78, 5) is 19.7. The Kier molecular flexibility index (Phi) is 8.04. The number of halogens is 1. The van der Waals surface area contributed by atoms with Crippen molar-refractivity contribution in [3.8, 4) is 11.3 Å². The summed E-state index contributed by atoms with van der Waals surface area (Å²) >= 11 is 0. The van der Waals surface area contributed by atoms with Crippen molar-refractivity contribution in [1.82, 2.24) is 34.7 Å². The average Bonchev–Trinajstić information content (AvgIpc) is 3.54. The van der Waals surface area contributed by atoms with Crippen molar-refractivity contribution in [2.24, 2.45) is 5.73 Å². The Bertz CT molecular complexity index is 1270. The average molecular weight is 507 g/mol. The molecule has 2 aromatic heterocycles. The molecule has 11 heteroatoms. The van der Waals surface area contributed by atoms with E-state index in [0.29, 0.717) is 18.1 Å². The van der Waals surface area contributed by atoms with Gasteiger partial charge in [-0.2, -0.15) is 0 Å². The number of aliphatic hydroxyl groups is 1. The molecule has 3 N–H and O–H groups in total. The maximum absolute atomic E-state index is 14.7. The Hall–Kier alpha value is -3.96. The second kappa shape index (κ2) is 11.4.